The highest BCUT2D eigenvalue weighted by Crippen LogP contribution is 2.36. The molecule has 9 nitrogen and oxygen atoms in total. The Morgan fingerprint density at radius 2 is 1.31 bits per heavy atom. The van der Waals surface area contributed by atoms with Crippen molar-refractivity contribution in [2.75, 3.05) is 13.2 Å². The van der Waals surface area contributed by atoms with Crippen LogP contribution in [0.4, 0.5) is 0 Å². The summed E-state index contributed by atoms with van der Waals surface area (Å²) in [6, 6.07) is 0. The second kappa shape index (κ2) is 33.1. The molecule has 49 heavy (non-hydrogen) atoms. The van der Waals surface area contributed by atoms with Crippen molar-refractivity contribution >= 4 is 19.8 Å². The fourth-order valence-corrected chi connectivity index (χ4v) is 5.34. The number of esters is 2. The minimum atomic E-state index is -4.78. The van der Waals surface area contributed by atoms with Crippen molar-refractivity contribution in [1.29, 1.82) is 0 Å². The van der Waals surface area contributed by atoms with E-state index in [4.69, 9.17) is 19.3 Å². The third-order valence-electron chi connectivity index (χ3n) is 7.86. The summed E-state index contributed by atoms with van der Waals surface area (Å²) in [6.45, 7) is 5.81. The molecule has 0 heterocycles. The molecule has 0 aromatic rings. The van der Waals surface area contributed by atoms with Crippen molar-refractivity contribution in [3.8, 4) is 0 Å². The second-order valence-corrected chi connectivity index (χ2v) is 14.5. The van der Waals surface area contributed by atoms with Gasteiger partial charge in [0.2, 0.25) is 0 Å². The zero-order chi connectivity index (χ0) is 36.4. The molecule has 0 bridgehead atoms. The van der Waals surface area contributed by atoms with Crippen molar-refractivity contribution in [3.63, 3.8) is 0 Å². The van der Waals surface area contributed by atoms with Crippen LogP contribution in [0.5, 0.6) is 0 Å². The molecule has 0 aromatic heterocycles. The number of carbonyl (C=O) groups is 2. The molecular weight excluding hydrogens is 643 g/mol. The Labute approximate surface area is 297 Å². The maximum absolute atomic E-state index is 12.3. The molecule has 3 N–H and O–H groups in total. The lowest BCUT2D eigenvalue weighted by Crippen LogP contribution is -2.29. The van der Waals surface area contributed by atoms with Crippen molar-refractivity contribution in [2.45, 2.75) is 168 Å². The van der Waals surface area contributed by atoms with E-state index in [1.54, 1.807) is 12.2 Å². The van der Waals surface area contributed by atoms with Crippen molar-refractivity contribution in [2.24, 2.45) is 5.92 Å². The molecule has 0 amide bonds. The number of hydrogen-bond donors (Lipinski definition) is 3. The molecular formula is C39H69O9P. The number of phosphoric acid groups is 1. The quantitative estimate of drug-likeness (QED) is 0.0199. The lowest BCUT2D eigenvalue weighted by Gasteiger charge is -2.18. The van der Waals surface area contributed by atoms with E-state index in [1.807, 2.05) is 18.2 Å². The summed E-state index contributed by atoms with van der Waals surface area (Å²) in [6.07, 6.45) is 34.4. The van der Waals surface area contributed by atoms with Gasteiger partial charge in [0.15, 0.2) is 6.10 Å². The van der Waals surface area contributed by atoms with Gasteiger partial charge in [0, 0.05) is 12.8 Å². The van der Waals surface area contributed by atoms with Crippen LogP contribution < -0.4 is 0 Å². The molecule has 0 aromatic carbocycles. The SMILES string of the molecule is CCCCC/C=C\C/C=C\CC(O)/C=C\C=C\CCCC(=O)OC[C@H](COP(=O)(O)O)OC(=O)CCCCCCCCCCCCC(C)C. The molecule has 0 radical (unpaired) electrons. The summed E-state index contributed by atoms with van der Waals surface area (Å²) in [5, 5.41) is 10.1. The van der Waals surface area contributed by atoms with Gasteiger partial charge in [-0.15, -0.1) is 0 Å². The fourth-order valence-electron chi connectivity index (χ4n) is 4.98. The van der Waals surface area contributed by atoms with Crippen LogP contribution in [0.15, 0.2) is 48.6 Å². The Morgan fingerprint density at radius 1 is 0.694 bits per heavy atom. The van der Waals surface area contributed by atoms with Crippen LogP contribution >= 0.6 is 7.82 Å². The van der Waals surface area contributed by atoms with Crippen LogP contribution in [0, 0.1) is 5.92 Å². The molecule has 0 saturated carbocycles. The maximum atomic E-state index is 12.3. The minimum Gasteiger partial charge on any atom is -0.462 e. The first-order valence-corrected chi connectivity index (χ1v) is 20.4. The smallest absolute Gasteiger partial charge is 0.462 e. The Kier molecular flexibility index (Phi) is 31.8. The number of phosphoric ester groups is 1. The minimum absolute atomic E-state index is 0.132. The lowest BCUT2D eigenvalue weighted by atomic mass is 10.0. The van der Waals surface area contributed by atoms with Gasteiger partial charge in [0.1, 0.15) is 6.61 Å². The monoisotopic (exact) mass is 712 g/mol. The number of hydrogen-bond acceptors (Lipinski definition) is 7. The van der Waals surface area contributed by atoms with Crippen molar-refractivity contribution < 1.29 is 43.0 Å². The normalized spacial score (nSPS) is 13.8. The first kappa shape index (κ1) is 47.0. The number of aliphatic hydroxyl groups excluding tert-OH is 1. The molecule has 284 valence electrons. The average molecular weight is 713 g/mol. The van der Waals surface area contributed by atoms with E-state index < -0.39 is 38.6 Å². The van der Waals surface area contributed by atoms with E-state index in [-0.39, 0.29) is 19.4 Å². The van der Waals surface area contributed by atoms with E-state index in [2.05, 4.69) is 43.5 Å². The maximum Gasteiger partial charge on any atom is 0.469 e. The largest absolute Gasteiger partial charge is 0.469 e. The summed E-state index contributed by atoms with van der Waals surface area (Å²) >= 11 is 0. The number of aliphatic hydroxyl groups is 1. The van der Waals surface area contributed by atoms with Crippen LogP contribution in [0.3, 0.4) is 0 Å². The van der Waals surface area contributed by atoms with Crippen LogP contribution in [0.25, 0.3) is 0 Å². The van der Waals surface area contributed by atoms with Crippen LogP contribution in [-0.4, -0.2) is 52.3 Å². The van der Waals surface area contributed by atoms with Gasteiger partial charge in [-0.3, -0.25) is 14.1 Å². The second-order valence-electron chi connectivity index (χ2n) is 13.2. The highest BCUT2D eigenvalue weighted by molar-refractivity contribution is 7.46. The standard InChI is InChI=1S/C39H69O9P/c1-4-5-6-7-8-11-15-19-24-29-36(40)30-25-20-17-22-26-31-38(41)46-33-37(34-47-49(43,44)45)48-39(42)32-27-21-16-13-10-9-12-14-18-23-28-35(2)3/h8,11,17,19-20,24-25,30,35-37,40H,4-7,9-10,12-16,18,21-23,26-29,31-34H2,1-3H3,(H2,43,44,45)/b11-8-,20-17+,24-19-,30-25-/t36?,37-/m1/s1. The molecule has 0 fully saturated rings. The van der Waals surface area contributed by atoms with E-state index in [9.17, 15) is 19.3 Å². The van der Waals surface area contributed by atoms with Gasteiger partial charge in [-0.25, -0.2) is 4.57 Å². The highest BCUT2D eigenvalue weighted by atomic mass is 31.2. The molecule has 0 aliphatic heterocycles. The van der Waals surface area contributed by atoms with E-state index in [0.717, 1.165) is 38.0 Å². The molecule has 0 spiro atoms. The van der Waals surface area contributed by atoms with Crippen LogP contribution in [0.2, 0.25) is 0 Å². The summed E-state index contributed by atoms with van der Waals surface area (Å²) < 4.78 is 26.2. The van der Waals surface area contributed by atoms with Gasteiger partial charge in [0.05, 0.1) is 12.7 Å². The van der Waals surface area contributed by atoms with Crippen LogP contribution in [-0.2, 0) is 28.2 Å². The molecule has 0 saturated heterocycles. The van der Waals surface area contributed by atoms with Crippen molar-refractivity contribution in [1.82, 2.24) is 0 Å². The first-order chi connectivity index (χ1) is 23.5. The topological polar surface area (TPSA) is 140 Å². The Hall–Kier alpha value is -2.03. The first-order valence-electron chi connectivity index (χ1n) is 18.9. The average Bonchev–Trinajstić information content (AvgIpc) is 3.04. The summed E-state index contributed by atoms with van der Waals surface area (Å²) in [7, 11) is -4.78. The van der Waals surface area contributed by atoms with E-state index >= 15 is 0 Å². The molecule has 2 atom stereocenters. The van der Waals surface area contributed by atoms with E-state index in [1.165, 1.54) is 64.2 Å². The number of unbranched alkanes of at least 4 members (excludes halogenated alkanes) is 13. The summed E-state index contributed by atoms with van der Waals surface area (Å²) in [5.74, 6) is -0.231. The predicted octanol–water partition coefficient (Wildman–Crippen LogP) is 10.0. The van der Waals surface area contributed by atoms with Crippen molar-refractivity contribution in [3.05, 3.63) is 48.6 Å². The summed E-state index contributed by atoms with van der Waals surface area (Å²) in [4.78, 5) is 42.7. The molecule has 0 aliphatic carbocycles. The Morgan fingerprint density at radius 3 is 1.96 bits per heavy atom. The predicted molar refractivity (Wildman–Crippen MR) is 199 cm³/mol. The van der Waals surface area contributed by atoms with Gasteiger partial charge < -0.3 is 24.4 Å². The fraction of sp³-hybridized carbons (Fsp3) is 0.744. The Balaban J connectivity index is 4.17. The zero-order valence-corrected chi connectivity index (χ0v) is 31.7. The molecule has 10 heteroatoms. The molecule has 0 rings (SSSR count). The van der Waals surface area contributed by atoms with Gasteiger partial charge in [-0.1, -0.05) is 146 Å². The van der Waals surface area contributed by atoms with Gasteiger partial charge in [-0.2, -0.15) is 0 Å². The van der Waals surface area contributed by atoms with Gasteiger partial charge >= 0.3 is 19.8 Å². The highest BCUT2D eigenvalue weighted by Gasteiger charge is 2.22. The summed E-state index contributed by atoms with van der Waals surface area (Å²) in [5.41, 5.74) is 0. The van der Waals surface area contributed by atoms with Crippen LogP contribution in [0.1, 0.15) is 156 Å². The number of carbonyl (C=O) groups excluding carboxylic acids is 2. The van der Waals surface area contributed by atoms with Gasteiger partial charge in [0.25, 0.3) is 0 Å². The lowest BCUT2D eigenvalue weighted by molar-refractivity contribution is -0.161. The number of allylic oxidation sites excluding steroid dienone is 6. The van der Waals surface area contributed by atoms with E-state index in [0.29, 0.717) is 25.7 Å². The molecule has 1 unspecified atom stereocenters. The molecule has 0 aliphatic rings. The number of ether oxygens (including phenoxy) is 2. The third kappa shape index (κ3) is 37.1. The Bertz CT molecular complexity index is 968. The number of rotatable bonds is 33. The zero-order valence-electron chi connectivity index (χ0n) is 30.9. The van der Waals surface area contributed by atoms with Gasteiger partial charge in [-0.05, 0) is 50.9 Å². The third-order valence-corrected chi connectivity index (χ3v) is 8.34.